The molecule has 8 nitrogen and oxygen atoms in total. The van der Waals surface area contributed by atoms with E-state index in [1.165, 1.54) is 16.5 Å². The molecular weight excluding hydrogens is 561 g/mol. The zero-order valence-corrected chi connectivity index (χ0v) is 27.1. The number of benzene rings is 2. The molecule has 0 saturated carbocycles. The lowest BCUT2D eigenvalue weighted by Crippen LogP contribution is -2.27. The van der Waals surface area contributed by atoms with Gasteiger partial charge in [-0.1, -0.05) is 48.5 Å². The second kappa shape index (κ2) is 11.9. The van der Waals surface area contributed by atoms with Gasteiger partial charge in [0.2, 0.25) is 0 Å². The highest BCUT2D eigenvalue weighted by Crippen LogP contribution is 2.61. The van der Waals surface area contributed by atoms with Gasteiger partial charge < -0.3 is 14.2 Å². The minimum absolute atomic E-state index is 0.187. The summed E-state index contributed by atoms with van der Waals surface area (Å²) in [6.45, 7) is 12.7. The van der Waals surface area contributed by atoms with E-state index in [0.29, 0.717) is 11.3 Å². The molecule has 0 aliphatic heterocycles. The Labute approximate surface area is 253 Å². The largest absolute Gasteiger partial charge is 0.467 e. The zero-order chi connectivity index (χ0) is 31.0. The Morgan fingerprint density at radius 1 is 0.930 bits per heavy atom. The summed E-state index contributed by atoms with van der Waals surface area (Å²) in [5.74, 6) is 0.520. The first-order valence-electron chi connectivity index (χ1n) is 14.9. The first-order valence-corrected chi connectivity index (χ1v) is 16.4. The van der Waals surface area contributed by atoms with Crippen molar-refractivity contribution in [1.29, 1.82) is 0 Å². The van der Waals surface area contributed by atoms with Crippen molar-refractivity contribution in [1.82, 2.24) is 14.6 Å². The Kier molecular flexibility index (Phi) is 8.59. The van der Waals surface area contributed by atoms with Crippen LogP contribution in [-0.4, -0.2) is 32.1 Å². The summed E-state index contributed by atoms with van der Waals surface area (Å²) in [6.07, 6.45) is 6.57. The standard InChI is InChI=1S/C34H42N3O5P/c1-23-28(25-18-20-27(21-19-25)40-22-41-43(39,34(5,6)7)42-33(2,3)4)32(38)37-31(35-23)29(24-14-10-8-11-15-24)30(36-37)26-16-12-9-13-17-26/h9,12-14,16-21,35H,8,10-11,15,22H2,1-7H3. The number of aromatic amines is 1. The molecule has 5 rings (SSSR count). The van der Waals surface area contributed by atoms with Crippen molar-refractivity contribution < 1.29 is 18.3 Å². The molecule has 0 spiro atoms. The van der Waals surface area contributed by atoms with Crippen molar-refractivity contribution in [3.8, 4) is 28.1 Å². The third kappa shape index (κ3) is 6.57. The number of rotatable bonds is 8. The van der Waals surface area contributed by atoms with Gasteiger partial charge in [-0.05, 0) is 97.4 Å². The Hall–Kier alpha value is -3.45. The van der Waals surface area contributed by atoms with Crippen LogP contribution in [-0.2, 0) is 13.6 Å². The van der Waals surface area contributed by atoms with E-state index in [1.807, 2.05) is 90.9 Å². The van der Waals surface area contributed by atoms with E-state index in [-0.39, 0.29) is 12.4 Å². The van der Waals surface area contributed by atoms with Crippen LogP contribution < -0.4 is 10.3 Å². The van der Waals surface area contributed by atoms with Crippen LogP contribution >= 0.6 is 7.60 Å². The number of hydrogen-bond donors (Lipinski definition) is 1. The van der Waals surface area contributed by atoms with Crippen LogP contribution in [0.1, 0.15) is 78.5 Å². The molecular formula is C34H42N3O5P. The van der Waals surface area contributed by atoms with Crippen molar-refractivity contribution in [2.45, 2.75) is 84.9 Å². The summed E-state index contributed by atoms with van der Waals surface area (Å²) < 4.78 is 32.4. The molecule has 1 N–H and O–H groups in total. The summed E-state index contributed by atoms with van der Waals surface area (Å²) in [7, 11) is -3.47. The van der Waals surface area contributed by atoms with Crippen LogP contribution in [0.5, 0.6) is 5.75 Å². The molecule has 0 amide bonds. The second-order valence-electron chi connectivity index (χ2n) is 13.0. The summed E-state index contributed by atoms with van der Waals surface area (Å²) in [5.41, 5.74) is 5.96. The van der Waals surface area contributed by atoms with Crippen LogP contribution in [0.25, 0.3) is 33.6 Å². The van der Waals surface area contributed by atoms with Crippen molar-refractivity contribution in [3.63, 3.8) is 0 Å². The fraction of sp³-hybridized carbons (Fsp3) is 0.412. The Bertz CT molecular complexity index is 1740. The number of nitrogens with zero attached hydrogens (tertiary/aromatic N) is 2. The molecule has 228 valence electrons. The molecule has 1 aliphatic carbocycles. The Morgan fingerprint density at radius 2 is 1.63 bits per heavy atom. The van der Waals surface area contributed by atoms with E-state index in [9.17, 15) is 9.36 Å². The lowest BCUT2D eigenvalue weighted by Gasteiger charge is -2.34. The second-order valence-corrected chi connectivity index (χ2v) is 15.8. The van der Waals surface area contributed by atoms with Crippen LogP contribution in [0.15, 0.2) is 65.5 Å². The minimum Gasteiger partial charge on any atom is -0.467 e. The van der Waals surface area contributed by atoms with Gasteiger partial charge in [0.05, 0.1) is 16.3 Å². The predicted octanol–water partition coefficient (Wildman–Crippen LogP) is 8.78. The van der Waals surface area contributed by atoms with E-state index in [4.69, 9.17) is 18.9 Å². The van der Waals surface area contributed by atoms with Crippen molar-refractivity contribution in [2.75, 3.05) is 6.79 Å². The lowest BCUT2D eigenvalue weighted by atomic mass is 9.92. The lowest BCUT2D eigenvalue weighted by molar-refractivity contribution is 0.0467. The number of allylic oxidation sites excluding steroid dienone is 2. The molecule has 1 aliphatic rings. The maximum atomic E-state index is 14.0. The maximum Gasteiger partial charge on any atom is 0.339 e. The Morgan fingerprint density at radius 3 is 2.23 bits per heavy atom. The Balaban J connectivity index is 1.45. The predicted molar refractivity (Wildman–Crippen MR) is 173 cm³/mol. The molecule has 1 atom stereocenters. The molecule has 43 heavy (non-hydrogen) atoms. The van der Waals surface area contributed by atoms with Crippen molar-refractivity contribution in [2.24, 2.45) is 0 Å². The van der Waals surface area contributed by atoms with Crippen LogP contribution in [0.3, 0.4) is 0 Å². The van der Waals surface area contributed by atoms with E-state index >= 15 is 0 Å². The SMILES string of the molecule is Cc1[nH]c2c(C3=CCCCC3)c(-c3ccccc3)nn2c(=O)c1-c1ccc(OCOP(=O)(OC(C)(C)C)C(C)(C)C)cc1. The molecule has 2 heterocycles. The molecule has 0 saturated heterocycles. The van der Waals surface area contributed by atoms with Gasteiger partial charge in [-0.25, -0.2) is 0 Å². The van der Waals surface area contributed by atoms with Gasteiger partial charge in [0.25, 0.3) is 5.56 Å². The summed E-state index contributed by atoms with van der Waals surface area (Å²) >= 11 is 0. The third-order valence-electron chi connectivity index (χ3n) is 7.44. The molecule has 0 radical (unpaired) electrons. The van der Waals surface area contributed by atoms with E-state index in [1.54, 1.807) is 12.1 Å². The molecule has 0 fully saturated rings. The summed E-state index contributed by atoms with van der Waals surface area (Å²) in [4.78, 5) is 17.5. The van der Waals surface area contributed by atoms with Crippen molar-refractivity contribution >= 4 is 18.8 Å². The normalized spacial score (nSPS) is 15.7. The average Bonchev–Trinajstić information content (AvgIpc) is 3.33. The monoisotopic (exact) mass is 603 g/mol. The third-order valence-corrected chi connectivity index (χ3v) is 10.3. The highest BCUT2D eigenvalue weighted by Gasteiger charge is 2.43. The number of nitrogens with one attached hydrogen (secondary N) is 1. The quantitative estimate of drug-likeness (QED) is 0.160. The first-order chi connectivity index (χ1) is 20.3. The van der Waals surface area contributed by atoms with E-state index in [0.717, 1.165) is 53.0 Å². The summed E-state index contributed by atoms with van der Waals surface area (Å²) in [6, 6.07) is 17.2. The fourth-order valence-corrected chi connectivity index (χ4v) is 6.92. The maximum absolute atomic E-state index is 14.0. The molecule has 2 aromatic heterocycles. The smallest absolute Gasteiger partial charge is 0.339 e. The van der Waals surface area contributed by atoms with Crippen LogP contribution in [0.4, 0.5) is 0 Å². The topological polar surface area (TPSA) is 94.9 Å². The van der Waals surface area contributed by atoms with Gasteiger partial charge in [0, 0.05) is 16.8 Å². The highest BCUT2D eigenvalue weighted by atomic mass is 31.2. The van der Waals surface area contributed by atoms with Crippen molar-refractivity contribution in [3.05, 3.63) is 82.3 Å². The van der Waals surface area contributed by atoms with E-state index < -0.39 is 18.4 Å². The highest BCUT2D eigenvalue weighted by molar-refractivity contribution is 7.55. The molecule has 4 aromatic rings. The van der Waals surface area contributed by atoms with Gasteiger partial charge in [-0.3, -0.25) is 13.9 Å². The first kappa shape index (κ1) is 31.0. The van der Waals surface area contributed by atoms with Gasteiger partial charge in [0.1, 0.15) is 17.1 Å². The number of ether oxygens (including phenoxy) is 1. The van der Waals surface area contributed by atoms with Crippen LogP contribution in [0.2, 0.25) is 0 Å². The molecule has 0 bridgehead atoms. The minimum atomic E-state index is -3.47. The van der Waals surface area contributed by atoms with Crippen LogP contribution in [0, 0.1) is 6.92 Å². The van der Waals surface area contributed by atoms with Gasteiger partial charge >= 0.3 is 7.60 Å². The average molecular weight is 604 g/mol. The fourth-order valence-electron chi connectivity index (χ4n) is 5.29. The number of fused-ring (bicyclic) bond motifs is 1. The van der Waals surface area contributed by atoms with Gasteiger partial charge in [-0.15, -0.1) is 0 Å². The molecule has 9 heteroatoms. The number of H-pyrrole nitrogens is 1. The number of aromatic nitrogens is 3. The zero-order valence-electron chi connectivity index (χ0n) is 26.2. The van der Waals surface area contributed by atoms with Gasteiger partial charge in [-0.2, -0.15) is 9.61 Å². The molecule has 2 aromatic carbocycles. The van der Waals surface area contributed by atoms with E-state index in [2.05, 4.69) is 11.1 Å². The summed E-state index contributed by atoms with van der Waals surface area (Å²) in [5, 5.41) is 4.15. The number of hydrogen-bond acceptors (Lipinski definition) is 6. The van der Waals surface area contributed by atoms with Gasteiger partial charge in [0.15, 0.2) is 6.79 Å². The molecule has 1 unspecified atom stereocenters. The number of aryl methyl sites for hydroxylation is 1.